The number of nitriles is 1. The maximum absolute atomic E-state index is 11.0. The van der Waals surface area contributed by atoms with Crippen molar-refractivity contribution in [2.45, 2.75) is 26.2 Å². The first-order chi connectivity index (χ1) is 13.1. The second-order valence-corrected chi connectivity index (χ2v) is 6.65. The number of aryl methyl sites for hydroxylation is 1. The van der Waals surface area contributed by atoms with Gasteiger partial charge in [-0.15, -0.1) is 0 Å². The molecular formula is C24H22N2O. The van der Waals surface area contributed by atoms with Crippen molar-refractivity contribution in [1.29, 1.82) is 5.26 Å². The van der Waals surface area contributed by atoms with Crippen molar-refractivity contribution < 1.29 is 4.79 Å². The van der Waals surface area contributed by atoms with Crippen LogP contribution in [-0.2, 0) is 11.2 Å². The van der Waals surface area contributed by atoms with Crippen molar-refractivity contribution in [2.24, 2.45) is 5.73 Å². The molecule has 2 N–H and O–H groups in total. The topological polar surface area (TPSA) is 66.9 Å². The summed E-state index contributed by atoms with van der Waals surface area (Å²) in [6.07, 6.45) is 1.96. The van der Waals surface area contributed by atoms with Gasteiger partial charge in [0.1, 0.15) is 0 Å². The normalized spacial score (nSPS) is 10.4. The van der Waals surface area contributed by atoms with Crippen molar-refractivity contribution in [1.82, 2.24) is 0 Å². The lowest BCUT2D eigenvalue weighted by Gasteiger charge is -2.13. The number of amides is 1. The van der Waals surface area contributed by atoms with Gasteiger partial charge in [0.2, 0.25) is 5.91 Å². The van der Waals surface area contributed by atoms with Crippen molar-refractivity contribution in [2.75, 3.05) is 0 Å². The van der Waals surface area contributed by atoms with Gasteiger partial charge in [0.15, 0.2) is 0 Å². The van der Waals surface area contributed by atoms with Crippen LogP contribution in [0.4, 0.5) is 0 Å². The van der Waals surface area contributed by atoms with E-state index in [1.165, 1.54) is 11.1 Å². The van der Waals surface area contributed by atoms with E-state index in [0.717, 1.165) is 35.1 Å². The summed E-state index contributed by atoms with van der Waals surface area (Å²) in [7, 11) is 0. The standard InChI is InChI=1S/C24H22N2O/c1-17-18(10-6-12-24(26)27)9-5-11-22(17)20-13-14-23(21(15-20)16-25)19-7-3-2-4-8-19/h2-5,7-9,11,13-15H,6,10,12H2,1H3,(H2,26,27). The van der Waals surface area contributed by atoms with Crippen LogP contribution in [0, 0.1) is 18.3 Å². The van der Waals surface area contributed by atoms with Crippen LogP contribution in [0.5, 0.6) is 0 Å². The summed E-state index contributed by atoms with van der Waals surface area (Å²) in [4.78, 5) is 11.0. The van der Waals surface area contributed by atoms with Gasteiger partial charge in [0.05, 0.1) is 11.6 Å². The number of carbonyl (C=O) groups excluding carboxylic acids is 1. The molecule has 0 aliphatic heterocycles. The molecule has 0 spiro atoms. The molecule has 0 unspecified atom stereocenters. The second kappa shape index (κ2) is 8.33. The highest BCUT2D eigenvalue weighted by Crippen LogP contribution is 2.31. The number of rotatable bonds is 6. The molecule has 0 heterocycles. The lowest BCUT2D eigenvalue weighted by atomic mass is 9.91. The summed E-state index contributed by atoms with van der Waals surface area (Å²) in [5, 5.41) is 9.65. The molecule has 0 saturated heterocycles. The Kier molecular flexibility index (Phi) is 5.68. The van der Waals surface area contributed by atoms with Crippen molar-refractivity contribution >= 4 is 5.91 Å². The molecule has 0 saturated carbocycles. The Labute approximate surface area is 160 Å². The molecule has 0 aromatic heterocycles. The van der Waals surface area contributed by atoms with Crippen molar-refractivity contribution in [3.63, 3.8) is 0 Å². The molecule has 3 aromatic carbocycles. The molecule has 134 valence electrons. The lowest BCUT2D eigenvalue weighted by Crippen LogP contribution is -2.10. The zero-order valence-corrected chi connectivity index (χ0v) is 15.4. The molecule has 3 heteroatoms. The molecule has 0 bridgehead atoms. The SMILES string of the molecule is Cc1c(CCCC(N)=O)cccc1-c1ccc(-c2ccccc2)c(C#N)c1. The highest BCUT2D eigenvalue weighted by atomic mass is 16.1. The number of nitrogens with two attached hydrogens (primary N) is 1. The molecule has 0 atom stereocenters. The fraction of sp³-hybridized carbons (Fsp3) is 0.167. The first-order valence-corrected chi connectivity index (χ1v) is 9.07. The van der Waals surface area contributed by atoms with E-state index < -0.39 is 0 Å². The molecule has 3 aromatic rings. The first-order valence-electron chi connectivity index (χ1n) is 9.07. The van der Waals surface area contributed by atoms with Gasteiger partial charge in [-0.3, -0.25) is 4.79 Å². The van der Waals surface area contributed by atoms with E-state index >= 15 is 0 Å². The van der Waals surface area contributed by atoms with Crippen LogP contribution >= 0.6 is 0 Å². The Hall–Kier alpha value is -3.38. The summed E-state index contributed by atoms with van der Waals surface area (Å²) in [6.45, 7) is 2.09. The largest absolute Gasteiger partial charge is 0.370 e. The molecule has 0 aliphatic carbocycles. The van der Waals surface area contributed by atoms with Crippen LogP contribution in [0.1, 0.15) is 29.5 Å². The molecule has 27 heavy (non-hydrogen) atoms. The third kappa shape index (κ3) is 4.24. The average molecular weight is 354 g/mol. The zero-order valence-electron chi connectivity index (χ0n) is 15.4. The third-order valence-corrected chi connectivity index (χ3v) is 4.85. The Morgan fingerprint density at radius 3 is 2.44 bits per heavy atom. The van der Waals surface area contributed by atoms with Gasteiger partial charge in [0, 0.05) is 6.42 Å². The molecule has 1 amide bonds. The highest BCUT2D eigenvalue weighted by molar-refractivity contribution is 5.77. The van der Waals surface area contributed by atoms with Crippen molar-refractivity contribution in [3.05, 3.63) is 83.4 Å². The monoisotopic (exact) mass is 354 g/mol. The second-order valence-electron chi connectivity index (χ2n) is 6.65. The fourth-order valence-corrected chi connectivity index (χ4v) is 3.39. The average Bonchev–Trinajstić information content (AvgIpc) is 2.69. The summed E-state index contributed by atoms with van der Waals surface area (Å²) in [5.74, 6) is -0.265. The van der Waals surface area contributed by atoms with Crippen LogP contribution in [-0.4, -0.2) is 5.91 Å². The molecule has 0 radical (unpaired) electrons. The summed E-state index contributed by atoms with van der Waals surface area (Å²) < 4.78 is 0. The van der Waals surface area contributed by atoms with Gasteiger partial charge in [-0.05, 0) is 59.2 Å². The minimum atomic E-state index is -0.265. The van der Waals surface area contributed by atoms with E-state index in [4.69, 9.17) is 5.73 Å². The quantitative estimate of drug-likeness (QED) is 0.676. The van der Waals surface area contributed by atoms with Crippen molar-refractivity contribution in [3.8, 4) is 28.3 Å². The van der Waals surface area contributed by atoms with Gasteiger partial charge in [-0.2, -0.15) is 5.26 Å². The molecule has 3 nitrogen and oxygen atoms in total. The minimum Gasteiger partial charge on any atom is -0.370 e. The van der Waals surface area contributed by atoms with Crippen LogP contribution < -0.4 is 5.73 Å². The molecule has 3 rings (SSSR count). The van der Waals surface area contributed by atoms with Gasteiger partial charge in [-0.1, -0.05) is 60.7 Å². The van der Waals surface area contributed by atoms with Gasteiger partial charge in [0.25, 0.3) is 0 Å². The maximum Gasteiger partial charge on any atom is 0.217 e. The van der Waals surface area contributed by atoms with E-state index in [2.05, 4.69) is 31.2 Å². The summed E-state index contributed by atoms with van der Waals surface area (Å²) in [5.41, 5.74) is 12.4. The number of nitrogens with zero attached hydrogens (tertiary/aromatic N) is 1. The maximum atomic E-state index is 11.0. The summed E-state index contributed by atoms with van der Waals surface area (Å²) in [6, 6.07) is 24.5. The minimum absolute atomic E-state index is 0.265. The van der Waals surface area contributed by atoms with Crippen LogP contribution in [0.15, 0.2) is 66.7 Å². The lowest BCUT2D eigenvalue weighted by molar-refractivity contribution is -0.118. The fourth-order valence-electron chi connectivity index (χ4n) is 3.39. The Bertz CT molecular complexity index is 1000. The zero-order chi connectivity index (χ0) is 19.2. The van der Waals surface area contributed by atoms with E-state index in [1.807, 2.05) is 48.5 Å². The molecular weight excluding hydrogens is 332 g/mol. The predicted octanol–water partition coefficient (Wildman–Crippen LogP) is 5.01. The predicted molar refractivity (Wildman–Crippen MR) is 109 cm³/mol. The molecule has 0 aliphatic rings. The van der Waals surface area contributed by atoms with E-state index in [1.54, 1.807) is 0 Å². The van der Waals surface area contributed by atoms with Crippen LogP contribution in [0.2, 0.25) is 0 Å². The Balaban J connectivity index is 1.95. The van der Waals surface area contributed by atoms with E-state index in [0.29, 0.717) is 12.0 Å². The molecule has 0 fully saturated rings. The number of carbonyl (C=O) groups is 1. The number of hydrogen-bond acceptors (Lipinski definition) is 2. The highest BCUT2D eigenvalue weighted by Gasteiger charge is 2.10. The smallest absolute Gasteiger partial charge is 0.217 e. The van der Waals surface area contributed by atoms with Gasteiger partial charge in [-0.25, -0.2) is 0 Å². The van der Waals surface area contributed by atoms with Crippen LogP contribution in [0.3, 0.4) is 0 Å². The first kappa shape index (κ1) is 18.4. The third-order valence-electron chi connectivity index (χ3n) is 4.85. The number of primary amides is 1. The number of hydrogen-bond donors (Lipinski definition) is 1. The van der Waals surface area contributed by atoms with Gasteiger partial charge < -0.3 is 5.73 Å². The summed E-state index contributed by atoms with van der Waals surface area (Å²) >= 11 is 0. The number of benzene rings is 3. The van der Waals surface area contributed by atoms with Crippen LogP contribution in [0.25, 0.3) is 22.3 Å². The van der Waals surface area contributed by atoms with E-state index in [-0.39, 0.29) is 5.91 Å². The van der Waals surface area contributed by atoms with Gasteiger partial charge >= 0.3 is 0 Å². The van der Waals surface area contributed by atoms with E-state index in [9.17, 15) is 10.1 Å². The Morgan fingerprint density at radius 1 is 0.963 bits per heavy atom. The Morgan fingerprint density at radius 2 is 1.74 bits per heavy atom.